The summed E-state index contributed by atoms with van der Waals surface area (Å²) in [6.45, 7) is 2.42. The van der Waals surface area contributed by atoms with E-state index in [0.717, 1.165) is 22.3 Å². The average molecular weight is 301 g/mol. The zero-order chi connectivity index (χ0) is 15.0. The molecule has 2 aromatic rings. The van der Waals surface area contributed by atoms with Crippen molar-refractivity contribution in [3.63, 3.8) is 0 Å². The summed E-state index contributed by atoms with van der Waals surface area (Å²) < 4.78 is 5.56. The van der Waals surface area contributed by atoms with Crippen LogP contribution >= 0.6 is 11.6 Å². The Kier molecular flexibility index (Phi) is 3.43. The van der Waals surface area contributed by atoms with Crippen LogP contribution in [0.4, 0.5) is 0 Å². The molecule has 1 aliphatic heterocycles. The first-order chi connectivity index (χ1) is 10.1. The van der Waals surface area contributed by atoms with Crippen LogP contribution < -0.4 is 4.74 Å². The third-order valence-corrected chi connectivity index (χ3v) is 3.77. The van der Waals surface area contributed by atoms with E-state index in [4.69, 9.17) is 21.4 Å². The number of aryl methyl sites for hydroxylation is 1. The largest absolute Gasteiger partial charge is 0.489 e. The molecule has 0 saturated heterocycles. The van der Waals surface area contributed by atoms with Gasteiger partial charge in [-0.2, -0.15) is 0 Å². The van der Waals surface area contributed by atoms with Crippen LogP contribution in [0, 0.1) is 6.92 Å². The second-order valence-corrected chi connectivity index (χ2v) is 5.34. The van der Waals surface area contributed by atoms with Crippen LogP contribution in [-0.2, 0) is 0 Å². The number of hydrogen-bond donors (Lipinski definition) is 1. The molecule has 1 aliphatic rings. The van der Waals surface area contributed by atoms with Gasteiger partial charge in [-0.1, -0.05) is 23.7 Å². The highest BCUT2D eigenvalue weighted by atomic mass is 35.5. The van der Waals surface area contributed by atoms with Crippen LogP contribution in [0.25, 0.3) is 5.57 Å². The number of benzene rings is 2. The van der Waals surface area contributed by atoms with E-state index in [1.54, 1.807) is 18.2 Å². The van der Waals surface area contributed by atoms with Gasteiger partial charge in [0.25, 0.3) is 0 Å². The summed E-state index contributed by atoms with van der Waals surface area (Å²) in [5.74, 6) is -0.285. The van der Waals surface area contributed by atoms with Crippen molar-refractivity contribution < 1.29 is 14.6 Å². The first-order valence-corrected chi connectivity index (χ1v) is 6.91. The van der Waals surface area contributed by atoms with E-state index in [1.165, 1.54) is 0 Å². The Morgan fingerprint density at radius 1 is 1.19 bits per heavy atom. The summed E-state index contributed by atoms with van der Waals surface area (Å²) in [5, 5.41) is 9.80. The second kappa shape index (κ2) is 5.26. The van der Waals surface area contributed by atoms with Crippen molar-refractivity contribution in [3.05, 3.63) is 69.8 Å². The fourth-order valence-electron chi connectivity index (χ4n) is 2.42. The van der Waals surface area contributed by atoms with Crippen molar-refractivity contribution in [1.82, 2.24) is 0 Å². The zero-order valence-corrected chi connectivity index (χ0v) is 12.1. The lowest BCUT2D eigenvalue weighted by atomic mass is 9.93. The Labute approximate surface area is 127 Å². The van der Waals surface area contributed by atoms with Crippen molar-refractivity contribution in [2.45, 2.75) is 6.92 Å². The zero-order valence-electron chi connectivity index (χ0n) is 11.4. The lowest BCUT2D eigenvalue weighted by Gasteiger charge is -2.20. The van der Waals surface area contributed by atoms with Crippen LogP contribution in [-0.4, -0.2) is 17.7 Å². The molecule has 0 fully saturated rings. The first-order valence-electron chi connectivity index (χ1n) is 6.53. The lowest BCUT2D eigenvalue weighted by molar-refractivity contribution is 0.0697. The molecule has 106 valence electrons. The van der Waals surface area contributed by atoms with Crippen molar-refractivity contribution in [2.24, 2.45) is 0 Å². The molecule has 0 unspecified atom stereocenters. The van der Waals surface area contributed by atoms with Crippen LogP contribution in [0.15, 0.2) is 42.5 Å². The molecule has 0 saturated carbocycles. The summed E-state index contributed by atoms with van der Waals surface area (Å²) >= 11 is 6.33. The fraction of sp³-hybridized carbons (Fsp3) is 0.118. The standard InChI is InChI=1S/C17H13ClO3/c1-10-2-4-13(15(18)8-10)12-6-7-21-16-5-3-11(17(19)20)9-14(12)16/h2-6,8-9H,7H2,1H3,(H,19,20). The number of carboxylic acid groups (broad SMARTS) is 1. The maximum absolute atomic E-state index is 11.2. The van der Waals surface area contributed by atoms with E-state index in [9.17, 15) is 4.79 Å². The molecule has 0 bridgehead atoms. The molecule has 3 rings (SSSR count). The minimum atomic E-state index is -0.960. The van der Waals surface area contributed by atoms with Gasteiger partial charge in [0.2, 0.25) is 0 Å². The van der Waals surface area contributed by atoms with E-state index in [1.807, 2.05) is 31.2 Å². The maximum atomic E-state index is 11.2. The van der Waals surface area contributed by atoms with Crippen LogP contribution in [0.1, 0.15) is 27.0 Å². The predicted molar refractivity (Wildman–Crippen MR) is 82.2 cm³/mol. The highest BCUT2D eigenvalue weighted by molar-refractivity contribution is 6.32. The van der Waals surface area contributed by atoms with Gasteiger partial charge in [0, 0.05) is 16.1 Å². The topological polar surface area (TPSA) is 46.5 Å². The minimum Gasteiger partial charge on any atom is -0.489 e. The minimum absolute atomic E-state index is 0.230. The summed E-state index contributed by atoms with van der Waals surface area (Å²) in [5.41, 5.74) is 3.86. The van der Waals surface area contributed by atoms with Crippen LogP contribution in [0.2, 0.25) is 5.02 Å². The Hall–Kier alpha value is -2.26. The Morgan fingerprint density at radius 3 is 2.71 bits per heavy atom. The molecule has 21 heavy (non-hydrogen) atoms. The molecule has 0 radical (unpaired) electrons. The first kappa shape index (κ1) is 13.7. The average Bonchev–Trinajstić information content (AvgIpc) is 2.46. The number of fused-ring (bicyclic) bond motifs is 1. The molecule has 0 atom stereocenters. The van der Waals surface area contributed by atoms with Gasteiger partial charge in [0.15, 0.2) is 0 Å². The molecular formula is C17H13ClO3. The molecule has 1 heterocycles. The number of carbonyl (C=O) groups is 1. The quantitative estimate of drug-likeness (QED) is 0.905. The molecule has 0 aromatic heterocycles. The normalized spacial score (nSPS) is 13.1. The number of aromatic carboxylic acids is 1. The molecule has 0 spiro atoms. The van der Waals surface area contributed by atoms with Gasteiger partial charge in [-0.15, -0.1) is 0 Å². The highest BCUT2D eigenvalue weighted by Crippen LogP contribution is 2.37. The van der Waals surface area contributed by atoms with Gasteiger partial charge in [0.05, 0.1) is 5.56 Å². The molecule has 0 amide bonds. The van der Waals surface area contributed by atoms with E-state index in [0.29, 0.717) is 17.4 Å². The van der Waals surface area contributed by atoms with Gasteiger partial charge in [-0.3, -0.25) is 0 Å². The van der Waals surface area contributed by atoms with Crippen LogP contribution in [0.5, 0.6) is 5.75 Å². The number of rotatable bonds is 2. The van der Waals surface area contributed by atoms with Crippen molar-refractivity contribution >= 4 is 23.1 Å². The number of halogens is 1. The number of hydrogen-bond acceptors (Lipinski definition) is 2. The summed E-state index contributed by atoms with van der Waals surface area (Å²) in [6.07, 6.45) is 1.92. The van der Waals surface area contributed by atoms with E-state index in [-0.39, 0.29) is 5.56 Å². The summed E-state index contributed by atoms with van der Waals surface area (Å²) in [7, 11) is 0. The van der Waals surface area contributed by atoms with Crippen molar-refractivity contribution in [1.29, 1.82) is 0 Å². The van der Waals surface area contributed by atoms with E-state index < -0.39 is 5.97 Å². The van der Waals surface area contributed by atoms with E-state index in [2.05, 4.69) is 0 Å². The van der Waals surface area contributed by atoms with Gasteiger partial charge in [-0.25, -0.2) is 4.79 Å². The molecule has 3 nitrogen and oxygen atoms in total. The molecular weight excluding hydrogens is 288 g/mol. The number of carboxylic acids is 1. The lowest BCUT2D eigenvalue weighted by Crippen LogP contribution is -2.07. The third-order valence-electron chi connectivity index (χ3n) is 3.46. The highest BCUT2D eigenvalue weighted by Gasteiger charge is 2.19. The Morgan fingerprint density at radius 2 is 2.00 bits per heavy atom. The van der Waals surface area contributed by atoms with E-state index >= 15 is 0 Å². The Balaban J connectivity index is 2.16. The van der Waals surface area contributed by atoms with Gasteiger partial charge in [-0.05, 0) is 48.4 Å². The molecule has 1 N–H and O–H groups in total. The van der Waals surface area contributed by atoms with Crippen LogP contribution in [0.3, 0.4) is 0 Å². The van der Waals surface area contributed by atoms with Gasteiger partial charge >= 0.3 is 5.97 Å². The summed E-state index contributed by atoms with van der Waals surface area (Å²) in [6, 6.07) is 10.7. The van der Waals surface area contributed by atoms with Gasteiger partial charge < -0.3 is 9.84 Å². The molecule has 0 aliphatic carbocycles. The smallest absolute Gasteiger partial charge is 0.335 e. The van der Waals surface area contributed by atoms with Crippen molar-refractivity contribution in [2.75, 3.05) is 6.61 Å². The molecule has 2 aromatic carbocycles. The Bertz CT molecular complexity index is 763. The molecule has 4 heteroatoms. The van der Waals surface area contributed by atoms with Gasteiger partial charge in [0.1, 0.15) is 12.4 Å². The SMILES string of the molecule is Cc1ccc(C2=CCOc3ccc(C(=O)O)cc32)c(Cl)c1. The van der Waals surface area contributed by atoms with Crippen molar-refractivity contribution in [3.8, 4) is 5.75 Å². The number of ether oxygens (including phenoxy) is 1. The predicted octanol–water partition coefficient (Wildman–Crippen LogP) is 4.17. The second-order valence-electron chi connectivity index (χ2n) is 4.93. The maximum Gasteiger partial charge on any atom is 0.335 e. The summed E-state index contributed by atoms with van der Waals surface area (Å²) in [4.78, 5) is 11.2. The fourth-order valence-corrected chi connectivity index (χ4v) is 2.75. The monoisotopic (exact) mass is 300 g/mol. The third kappa shape index (κ3) is 2.52.